The third-order valence-electron chi connectivity index (χ3n) is 4.38. The number of hydrogen-bond acceptors (Lipinski definition) is 3. The maximum atomic E-state index is 6.11. The van der Waals surface area contributed by atoms with Gasteiger partial charge in [0, 0.05) is 31.3 Å². The summed E-state index contributed by atoms with van der Waals surface area (Å²) in [5, 5.41) is 0. The van der Waals surface area contributed by atoms with Gasteiger partial charge < -0.3 is 9.64 Å². The van der Waals surface area contributed by atoms with E-state index in [1.807, 2.05) is 0 Å². The molecule has 1 fully saturated rings. The van der Waals surface area contributed by atoms with Crippen molar-refractivity contribution in [3.8, 4) is 5.75 Å². The van der Waals surface area contributed by atoms with Gasteiger partial charge in [-0.1, -0.05) is 31.7 Å². The predicted octanol–water partition coefficient (Wildman–Crippen LogP) is 4.40. The lowest BCUT2D eigenvalue weighted by Gasteiger charge is -2.31. The van der Waals surface area contributed by atoms with E-state index < -0.39 is 0 Å². The standard InChI is InChI=1S/C17H27NOS/c1-18(2)15-8-7-9-16(12-15)19-13-17(14-20)10-5-3-4-6-11-17/h7-9,12,20H,3-6,10-11,13-14H2,1-2H3. The molecule has 0 radical (unpaired) electrons. The highest BCUT2D eigenvalue weighted by molar-refractivity contribution is 7.80. The molecule has 2 rings (SSSR count). The zero-order valence-corrected chi connectivity index (χ0v) is 13.7. The van der Waals surface area contributed by atoms with Crippen LogP contribution in [-0.2, 0) is 0 Å². The number of ether oxygens (including phenoxy) is 1. The van der Waals surface area contributed by atoms with Crippen molar-refractivity contribution in [3.63, 3.8) is 0 Å². The van der Waals surface area contributed by atoms with Crippen molar-refractivity contribution < 1.29 is 4.74 Å². The van der Waals surface area contributed by atoms with Crippen LogP contribution in [0.4, 0.5) is 5.69 Å². The molecule has 0 N–H and O–H groups in total. The molecular weight excluding hydrogens is 266 g/mol. The van der Waals surface area contributed by atoms with Crippen molar-refractivity contribution in [1.29, 1.82) is 0 Å². The molecule has 20 heavy (non-hydrogen) atoms. The predicted molar refractivity (Wildman–Crippen MR) is 90.3 cm³/mol. The molecule has 1 saturated carbocycles. The van der Waals surface area contributed by atoms with E-state index in [2.05, 4.69) is 55.9 Å². The first-order valence-corrected chi connectivity index (χ1v) is 8.30. The van der Waals surface area contributed by atoms with Gasteiger partial charge in [-0.15, -0.1) is 0 Å². The molecule has 2 nitrogen and oxygen atoms in total. The van der Waals surface area contributed by atoms with Crippen LogP contribution in [0.1, 0.15) is 38.5 Å². The molecule has 1 aromatic carbocycles. The maximum absolute atomic E-state index is 6.11. The Morgan fingerprint density at radius 1 is 1.15 bits per heavy atom. The first-order valence-electron chi connectivity index (χ1n) is 7.66. The SMILES string of the molecule is CN(C)c1cccc(OCC2(CS)CCCCCC2)c1. The molecular formula is C17H27NOS. The van der Waals surface area contributed by atoms with E-state index in [4.69, 9.17) is 4.74 Å². The van der Waals surface area contributed by atoms with Gasteiger partial charge in [0.1, 0.15) is 5.75 Å². The van der Waals surface area contributed by atoms with Crippen LogP contribution in [0, 0.1) is 5.41 Å². The van der Waals surface area contributed by atoms with E-state index in [0.29, 0.717) is 0 Å². The Bertz CT molecular complexity index is 411. The normalized spacial score (nSPS) is 18.4. The van der Waals surface area contributed by atoms with Crippen LogP contribution < -0.4 is 9.64 Å². The molecule has 1 aliphatic carbocycles. The number of benzene rings is 1. The molecule has 0 saturated heterocycles. The summed E-state index contributed by atoms with van der Waals surface area (Å²) in [6, 6.07) is 8.33. The van der Waals surface area contributed by atoms with Gasteiger partial charge in [0.25, 0.3) is 0 Å². The fraction of sp³-hybridized carbons (Fsp3) is 0.647. The second kappa shape index (κ2) is 7.26. The summed E-state index contributed by atoms with van der Waals surface area (Å²) in [7, 11) is 4.11. The average Bonchev–Trinajstić information content (AvgIpc) is 2.72. The molecule has 0 unspecified atom stereocenters. The van der Waals surface area contributed by atoms with E-state index >= 15 is 0 Å². The summed E-state index contributed by atoms with van der Waals surface area (Å²) in [6.45, 7) is 0.799. The second-order valence-corrected chi connectivity index (χ2v) is 6.57. The highest BCUT2D eigenvalue weighted by Crippen LogP contribution is 2.36. The number of hydrogen-bond donors (Lipinski definition) is 1. The lowest BCUT2D eigenvalue weighted by molar-refractivity contribution is 0.148. The third-order valence-corrected chi connectivity index (χ3v) is 5.05. The maximum Gasteiger partial charge on any atom is 0.121 e. The minimum absolute atomic E-state index is 0.272. The van der Waals surface area contributed by atoms with Crippen LogP contribution in [0.25, 0.3) is 0 Å². The summed E-state index contributed by atoms with van der Waals surface area (Å²) in [5.74, 6) is 1.90. The van der Waals surface area contributed by atoms with Crippen LogP contribution in [0.2, 0.25) is 0 Å². The number of rotatable bonds is 5. The van der Waals surface area contributed by atoms with Crippen molar-refractivity contribution in [2.45, 2.75) is 38.5 Å². The van der Waals surface area contributed by atoms with Gasteiger partial charge in [0.2, 0.25) is 0 Å². The molecule has 0 spiro atoms. The van der Waals surface area contributed by atoms with Gasteiger partial charge in [0.05, 0.1) is 6.61 Å². The zero-order valence-electron chi connectivity index (χ0n) is 12.8. The summed E-state index contributed by atoms with van der Waals surface area (Å²) >= 11 is 4.61. The molecule has 3 heteroatoms. The van der Waals surface area contributed by atoms with Gasteiger partial charge in [-0.2, -0.15) is 12.6 Å². The topological polar surface area (TPSA) is 12.5 Å². The summed E-state index contributed by atoms with van der Waals surface area (Å²) in [6.07, 6.45) is 7.88. The zero-order chi connectivity index (χ0) is 14.4. The van der Waals surface area contributed by atoms with Crippen molar-refractivity contribution in [3.05, 3.63) is 24.3 Å². The summed E-state index contributed by atoms with van der Waals surface area (Å²) in [4.78, 5) is 2.10. The fourth-order valence-corrected chi connectivity index (χ4v) is 3.32. The Kier molecular flexibility index (Phi) is 5.64. The Labute approximate surface area is 128 Å². The van der Waals surface area contributed by atoms with Crippen molar-refractivity contribution in [1.82, 2.24) is 0 Å². The minimum Gasteiger partial charge on any atom is -0.493 e. The van der Waals surface area contributed by atoms with E-state index in [9.17, 15) is 0 Å². The lowest BCUT2D eigenvalue weighted by atomic mass is 9.83. The molecule has 0 heterocycles. The molecule has 1 aliphatic rings. The van der Waals surface area contributed by atoms with Crippen LogP contribution in [0.5, 0.6) is 5.75 Å². The van der Waals surface area contributed by atoms with E-state index in [-0.39, 0.29) is 5.41 Å². The van der Waals surface area contributed by atoms with Gasteiger partial charge in [-0.25, -0.2) is 0 Å². The van der Waals surface area contributed by atoms with Crippen molar-refractivity contribution >= 4 is 18.3 Å². The monoisotopic (exact) mass is 293 g/mol. The number of anilines is 1. The summed E-state index contributed by atoms with van der Waals surface area (Å²) < 4.78 is 6.11. The average molecular weight is 293 g/mol. The second-order valence-electron chi connectivity index (χ2n) is 6.25. The molecule has 0 amide bonds. The quantitative estimate of drug-likeness (QED) is 0.638. The van der Waals surface area contributed by atoms with Crippen LogP contribution in [-0.4, -0.2) is 26.5 Å². The minimum atomic E-state index is 0.272. The van der Waals surface area contributed by atoms with Gasteiger partial charge in [0.15, 0.2) is 0 Å². The lowest BCUT2D eigenvalue weighted by Crippen LogP contribution is -2.30. The highest BCUT2D eigenvalue weighted by Gasteiger charge is 2.30. The van der Waals surface area contributed by atoms with Crippen LogP contribution in [0.15, 0.2) is 24.3 Å². The highest BCUT2D eigenvalue weighted by atomic mass is 32.1. The Balaban J connectivity index is 2.00. The Morgan fingerprint density at radius 2 is 1.85 bits per heavy atom. The number of nitrogens with zero attached hydrogens (tertiary/aromatic N) is 1. The molecule has 112 valence electrons. The van der Waals surface area contributed by atoms with Gasteiger partial charge in [-0.05, 0) is 30.7 Å². The Morgan fingerprint density at radius 3 is 2.45 bits per heavy atom. The number of thiol groups is 1. The third kappa shape index (κ3) is 4.08. The Hall–Kier alpha value is -0.830. The largest absolute Gasteiger partial charge is 0.493 e. The van der Waals surface area contributed by atoms with E-state index in [0.717, 1.165) is 18.1 Å². The summed E-state index contributed by atoms with van der Waals surface area (Å²) in [5.41, 5.74) is 1.46. The smallest absolute Gasteiger partial charge is 0.121 e. The fourth-order valence-electron chi connectivity index (χ4n) is 2.91. The first kappa shape index (κ1) is 15.6. The van der Waals surface area contributed by atoms with E-state index in [1.165, 1.54) is 44.2 Å². The molecule has 0 aromatic heterocycles. The first-order chi connectivity index (χ1) is 9.65. The van der Waals surface area contributed by atoms with Crippen molar-refractivity contribution in [2.75, 3.05) is 31.4 Å². The van der Waals surface area contributed by atoms with E-state index in [1.54, 1.807) is 0 Å². The van der Waals surface area contributed by atoms with Gasteiger partial charge in [-0.3, -0.25) is 0 Å². The van der Waals surface area contributed by atoms with Crippen LogP contribution >= 0.6 is 12.6 Å². The van der Waals surface area contributed by atoms with Gasteiger partial charge >= 0.3 is 0 Å². The molecule has 1 aromatic rings. The molecule has 0 aliphatic heterocycles. The van der Waals surface area contributed by atoms with Crippen LogP contribution in [0.3, 0.4) is 0 Å². The molecule has 0 atom stereocenters. The van der Waals surface area contributed by atoms with Crippen molar-refractivity contribution in [2.24, 2.45) is 5.41 Å². The molecule has 0 bridgehead atoms.